The Hall–Kier alpha value is -2.05. The van der Waals surface area contributed by atoms with Gasteiger partial charge in [0.15, 0.2) is 5.82 Å². The van der Waals surface area contributed by atoms with Crippen LogP contribution in [0.2, 0.25) is 0 Å². The van der Waals surface area contributed by atoms with Crippen molar-refractivity contribution in [3.63, 3.8) is 0 Å². The molecule has 1 aliphatic heterocycles. The molecule has 0 aromatic carbocycles. The quantitative estimate of drug-likeness (QED) is 0.862. The SMILES string of the molecule is Cn1ccc(NC(=O)N2CCCCC2CC(=O)O)n1. The van der Waals surface area contributed by atoms with Crippen LogP contribution in [0.4, 0.5) is 10.6 Å². The predicted octanol–water partition coefficient (Wildman–Crippen LogP) is 1.28. The average Bonchev–Trinajstić information content (AvgIpc) is 2.74. The molecule has 1 atom stereocenters. The number of carboxylic acid groups (broad SMARTS) is 1. The topological polar surface area (TPSA) is 87.5 Å². The van der Waals surface area contributed by atoms with Crippen LogP contribution in [0.25, 0.3) is 0 Å². The summed E-state index contributed by atoms with van der Waals surface area (Å²) in [5, 5.41) is 15.7. The number of piperidine rings is 1. The highest BCUT2D eigenvalue weighted by Gasteiger charge is 2.28. The Labute approximate surface area is 111 Å². The maximum Gasteiger partial charge on any atom is 0.323 e. The van der Waals surface area contributed by atoms with E-state index in [0.29, 0.717) is 12.4 Å². The number of rotatable bonds is 3. The number of nitrogens with one attached hydrogen (secondary N) is 1. The molecular formula is C12H18N4O3. The summed E-state index contributed by atoms with van der Waals surface area (Å²) < 4.78 is 1.60. The van der Waals surface area contributed by atoms with E-state index in [0.717, 1.165) is 19.3 Å². The fourth-order valence-corrected chi connectivity index (χ4v) is 2.34. The minimum absolute atomic E-state index is 0.00433. The second-order valence-corrected chi connectivity index (χ2v) is 4.75. The number of urea groups is 1. The van der Waals surface area contributed by atoms with E-state index >= 15 is 0 Å². The first-order valence-electron chi connectivity index (χ1n) is 6.35. The Morgan fingerprint density at radius 3 is 2.95 bits per heavy atom. The van der Waals surface area contributed by atoms with E-state index in [2.05, 4.69) is 10.4 Å². The zero-order chi connectivity index (χ0) is 13.8. The number of likely N-dealkylation sites (tertiary alicyclic amines) is 1. The number of carbonyl (C=O) groups excluding carboxylic acids is 1. The van der Waals surface area contributed by atoms with Crippen molar-refractivity contribution in [3.8, 4) is 0 Å². The normalized spacial score (nSPS) is 19.2. The second-order valence-electron chi connectivity index (χ2n) is 4.75. The number of nitrogens with zero attached hydrogens (tertiary/aromatic N) is 3. The van der Waals surface area contributed by atoms with Gasteiger partial charge in [0.1, 0.15) is 0 Å². The molecule has 1 aromatic heterocycles. The van der Waals surface area contributed by atoms with Crippen molar-refractivity contribution >= 4 is 17.8 Å². The molecule has 0 radical (unpaired) electrons. The maximum absolute atomic E-state index is 12.1. The van der Waals surface area contributed by atoms with Crippen LogP contribution < -0.4 is 5.32 Å². The van der Waals surface area contributed by atoms with Crippen LogP contribution in [0, 0.1) is 0 Å². The van der Waals surface area contributed by atoms with Gasteiger partial charge >= 0.3 is 12.0 Å². The Kier molecular flexibility index (Phi) is 4.03. The van der Waals surface area contributed by atoms with Crippen molar-refractivity contribution in [2.45, 2.75) is 31.7 Å². The number of carbonyl (C=O) groups is 2. The monoisotopic (exact) mass is 266 g/mol. The molecule has 2 heterocycles. The summed E-state index contributed by atoms with van der Waals surface area (Å²) in [5.41, 5.74) is 0. The lowest BCUT2D eigenvalue weighted by molar-refractivity contribution is -0.138. The van der Waals surface area contributed by atoms with Crippen LogP contribution in [0.15, 0.2) is 12.3 Å². The van der Waals surface area contributed by atoms with Gasteiger partial charge in [0, 0.05) is 31.9 Å². The van der Waals surface area contributed by atoms with E-state index in [-0.39, 0.29) is 18.5 Å². The van der Waals surface area contributed by atoms with Crippen LogP contribution >= 0.6 is 0 Å². The Balaban J connectivity index is 2.00. The molecule has 2 amide bonds. The highest BCUT2D eigenvalue weighted by atomic mass is 16.4. The second kappa shape index (κ2) is 5.73. The molecule has 2 rings (SSSR count). The number of aryl methyl sites for hydroxylation is 1. The van der Waals surface area contributed by atoms with Crippen molar-refractivity contribution < 1.29 is 14.7 Å². The van der Waals surface area contributed by atoms with Crippen LogP contribution in [0.5, 0.6) is 0 Å². The van der Waals surface area contributed by atoms with E-state index in [9.17, 15) is 9.59 Å². The van der Waals surface area contributed by atoms with Crippen molar-refractivity contribution in [2.75, 3.05) is 11.9 Å². The summed E-state index contributed by atoms with van der Waals surface area (Å²) >= 11 is 0. The van der Waals surface area contributed by atoms with Crippen molar-refractivity contribution in [1.29, 1.82) is 0 Å². The third-order valence-corrected chi connectivity index (χ3v) is 3.25. The number of hydrogen-bond donors (Lipinski definition) is 2. The molecule has 0 saturated carbocycles. The number of aromatic nitrogens is 2. The summed E-state index contributed by atoms with van der Waals surface area (Å²) in [5.74, 6) is -0.394. The van der Waals surface area contributed by atoms with Crippen LogP contribution in [0.1, 0.15) is 25.7 Å². The third kappa shape index (κ3) is 3.46. The lowest BCUT2D eigenvalue weighted by Crippen LogP contribution is -2.46. The first-order valence-corrected chi connectivity index (χ1v) is 6.35. The molecule has 1 unspecified atom stereocenters. The molecule has 1 fully saturated rings. The predicted molar refractivity (Wildman–Crippen MR) is 68.8 cm³/mol. The Morgan fingerprint density at radius 1 is 1.53 bits per heavy atom. The van der Waals surface area contributed by atoms with E-state index < -0.39 is 5.97 Å². The smallest absolute Gasteiger partial charge is 0.323 e. The number of anilines is 1. The summed E-state index contributed by atoms with van der Waals surface area (Å²) in [6, 6.07) is 1.20. The standard InChI is InChI=1S/C12H18N4O3/c1-15-7-5-10(14-15)13-12(19)16-6-3-2-4-9(16)8-11(17)18/h5,7,9H,2-4,6,8H2,1H3,(H,17,18)(H,13,14,19). The number of amides is 2. The van der Waals surface area contributed by atoms with E-state index in [1.54, 1.807) is 28.9 Å². The van der Waals surface area contributed by atoms with Gasteiger partial charge in [-0.25, -0.2) is 4.79 Å². The molecule has 1 aromatic rings. The minimum atomic E-state index is -0.873. The lowest BCUT2D eigenvalue weighted by atomic mass is 10.00. The van der Waals surface area contributed by atoms with Gasteiger partial charge in [0.2, 0.25) is 0 Å². The summed E-state index contributed by atoms with van der Waals surface area (Å²) in [6.07, 6.45) is 4.34. The molecule has 7 nitrogen and oxygen atoms in total. The lowest BCUT2D eigenvalue weighted by Gasteiger charge is -2.34. The van der Waals surface area contributed by atoms with Crippen molar-refractivity contribution in [3.05, 3.63) is 12.3 Å². The summed E-state index contributed by atoms with van der Waals surface area (Å²) in [7, 11) is 1.77. The Bertz CT molecular complexity index is 471. The van der Waals surface area contributed by atoms with Gasteiger partial charge in [-0.3, -0.25) is 14.8 Å². The van der Waals surface area contributed by atoms with E-state index in [4.69, 9.17) is 5.11 Å². The van der Waals surface area contributed by atoms with Crippen molar-refractivity contribution in [2.24, 2.45) is 7.05 Å². The van der Waals surface area contributed by atoms with Crippen LogP contribution in [0.3, 0.4) is 0 Å². The van der Waals surface area contributed by atoms with Gasteiger partial charge < -0.3 is 10.0 Å². The van der Waals surface area contributed by atoms with E-state index in [1.165, 1.54) is 0 Å². The molecule has 0 aliphatic carbocycles. The average molecular weight is 266 g/mol. The molecule has 7 heteroatoms. The zero-order valence-electron chi connectivity index (χ0n) is 10.9. The van der Waals surface area contributed by atoms with Crippen LogP contribution in [-0.4, -0.2) is 44.4 Å². The largest absolute Gasteiger partial charge is 0.481 e. The molecule has 19 heavy (non-hydrogen) atoms. The number of carboxylic acids is 1. The van der Waals surface area contributed by atoms with Gasteiger partial charge in [-0.1, -0.05) is 0 Å². The molecule has 2 N–H and O–H groups in total. The Morgan fingerprint density at radius 2 is 2.32 bits per heavy atom. The van der Waals surface area contributed by atoms with Gasteiger partial charge in [-0.05, 0) is 19.3 Å². The molecule has 1 aliphatic rings. The van der Waals surface area contributed by atoms with Crippen molar-refractivity contribution in [1.82, 2.24) is 14.7 Å². The highest BCUT2D eigenvalue weighted by molar-refractivity contribution is 5.88. The van der Waals surface area contributed by atoms with Crippen LogP contribution in [-0.2, 0) is 11.8 Å². The molecule has 1 saturated heterocycles. The number of aliphatic carboxylic acids is 1. The first kappa shape index (κ1) is 13.4. The third-order valence-electron chi connectivity index (χ3n) is 3.25. The highest BCUT2D eigenvalue weighted by Crippen LogP contribution is 2.20. The molecule has 0 bridgehead atoms. The zero-order valence-corrected chi connectivity index (χ0v) is 10.9. The van der Waals surface area contributed by atoms with Gasteiger partial charge in [0.05, 0.1) is 6.42 Å². The molecule has 0 spiro atoms. The molecule has 104 valence electrons. The fourth-order valence-electron chi connectivity index (χ4n) is 2.34. The van der Waals surface area contributed by atoms with Gasteiger partial charge in [-0.15, -0.1) is 0 Å². The van der Waals surface area contributed by atoms with Gasteiger partial charge in [-0.2, -0.15) is 5.10 Å². The molecular weight excluding hydrogens is 248 g/mol. The fraction of sp³-hybridized carbons (Fsp3) is 0.583. The minimum Gasteiger partial charge on any atom is -0.481 e. The maximum atomic E-state index is 12.1. The summed E-state index contributed by atoms with van der Waals surface area (Å²) in [6.45, 7) is 0.594. The summed E-state index contributed by atoms with van der Waals surface area (Å²) in [4.78, 5) is 24.6. The van der Waals surface area contributed by atoms with E-state index in [1.807, 2.05) is 0 Å². The number of hydrogen-bond acceptors (Lipinski definition) is 3. The first-order chi connectivity index (χ1) is 9.06. The van der Waals surface area contributed by atoms with Gasteiger partial charge in [0.25, 0.3) is 0 Å².